The number of aliphatic hydroxyl groups is 1. The molecule has 0 aromatic heterocycles. The summed E-state index contributed by atoms with van der Waals surface area (Å²) in [5.74, 6) is -0.203. The summed E-state index contributed by atoms with van der Waals surface area (Å²) in [6.07, 6.45) is 0.849. The zero-order valence-electron chi connectivity index (χ0n) is 20.9. The SMILES string of the molecule is CCCOc1cccc(/C(O)=C2\C(=O)C(=O)N(CCN3CCOCC3)C2c2ccc(OCC)cc2)c1. The Balaban J connectivity index is 1.71. The summed E-state index contributed by atoms with van der Waals surface area (Å²) in [5, 5.41) is 11.3. The molecule has 1 amide bonds. The van der Waals surface area contributed by atoms with Gasteiger partial charge < -0.3 is 24.2 Å². The average molecular weight is 495 g/mol. The van der Waals surface area contributed by atoms with Gasteiger partial charge in [-0.1, -0.05) is 31.2 Å². The number of morpholine rings is 1. The van der Waals surface area contributed by atoms with E-state index in [1.807, 2.05) is 38.1 Å². The Kier molecular flexibility index (Phi) is 8.61. The minimum Gasteiger partial charge on any atom is -0.507 e. The highest BCUT2D eigenvalue weighted by Gasteiger charge is 2.46. The van der Waals surface area contributed by atoms with Crippen LogP contribution in [0.1, 0.15) is 37.4 Å². The number of hydrogen-bond acceptors (Lipinski definition) is 7. The van der Waals surface area contributed by atoms with Gasteiger partial charge in [0.1, 0.15) is 17.3 Å². The first-order valence-electron chi connectivity index (χ1n) is 12.6. The summed E-state index contributed by atoms with van der Waals surface area (Å²) in [6.45, 7) is 8.84. The van der Waals surface area contributed by atoms with Gasteiger partial charge in [0, 0.05) is 31.7 Å². The van der Waals surface area contributed by atoms with Gasteiger partial charge in [0.05, 0.1) is 38.0 Å². The minimum absolute atomic E-state index is 0.0822. The van der Waals surface area contributed by atoms with E-state index in [0.717, 1.165) is 25.1 Å². The Hall–Kier alpha value is -3.36. The monoisotopic (exact) mass is 494 g/mol. The van der Waals surface area contributed by atoms with Crippen molar-refractivity contribution in [3.63, 3.8) is 0 Å². The van der Waals surface area contributed by atoms with Crippen LogP contribution in [-0.4, -0.2) is 79.2 Å². The van der Waals surface area contributed by atoms with Crippen LogP contribution < -0.4 is 9.47 Å². The molecule has 0 bridgehead atoms. The van der Waals surface area contributed by atoms with E-state index in [1.165, 1.54) is 0 Å². The van der Waals surface area contributed by atoms with Crippen molar-refractivity contribution >= 4 is 17.4 Å². The molecule has 1 unspecified atom stereocenters. The molecule has 2 heterocycles. The normalized spacial score (nSPS) is 20.1. The van der Waals surface area contributed by atoms with E-state index in [-0.39, 0.29) is 11.3 Å². The molecule has 2 aromatic rings. The average Bonchev–Trinajstić information content (AvgIpc) is 3.16. The molecule has 2 saturated heterocycles. The number of amides is 1. The Morgan fingerprint density at radius 3 is 2.44 bits per heavy atom. The number of ketones is 1. The van der Waals surface area contributed by atoms with Crippen molar-refractivity contribution < 1.29 is 28.9 Å². The fourth-order valence-corrected chi connectivity index (χ4v) is 4.55. The first kappa shape index (κ1) is 25.7. The Bertz CT molecular complexity index is 1090. The van der Waals surface area contributed by atoms with Gasteiger partial charge >= 0.3 is 0 Å². The van der Waals surface area contributed by atoms with Crippen LogP contribution in [0.5, 0.6) is 11.5 Å². The Morgan fingerprint density at radius 2 is 1.75 bits per heavy atom. The molecule has 0 aliphatic carbocycles. The zero-order valence-corrected chi connectivity index (χ0v) is 20.9. The molecule has 8 nitrogen and oxygen atoms in total. The van der Waals surface area contributed by atoms with Crippen molar-refractivity contribution in [2.75, 3.05) is 52.6 Å². The zero-order chi connectivity index (χ0) is 25.5. The number of hydrogen-bond donors (Lipinski definition) is 1. The lowest BCUT2D eigenvalue weighted by molar-refractivity contribution is -0.140. The van der Waals surface area contributed by atoms with Crippen LogP contribution >= 0.6 is 0 Å². The maximum atomic E-state index is 13.3. The summed E-state index contributed by atoms with van der Waals surface area (Å²) in [4.78, 5) is 30.3. The number of benzene rings is 2. The minimum atomic E-state index is -0.707. The summed E-state index contributed by atoms with van der Waals surface area (Å²) in [5.41, 5.74) is 1.25. The largest absolute Gasteiger partial charge is 0.507 e. The van der Waals surface area contributed by atoms with Crippen LogP contribution in [0.3, 0.4) is 0 Å². The maximum absolute atomic E-state index is 13.3. The molecule has 2 aliphatic heterocycles. The molecular weight excluding hydrogens is 460 g/mol. The van der Waals surface area contributed by atoms with Gasteiger partial charge in [-0.15, -0.1) is 0 Å². The lowest BCUT2D eigenvalue weighted by Gasteiger charge is -2.31. The van der Waals surface area contributed by atoms with E-state index in [0.29, 0.717) is 56.6 Å². The molecule has 0 spiro atoms. The van der Waals surface area contributed by atoms with Gasteiger partial charge in [0.2, 0.25) is 0 Å². The van der Waals surface area contributed by atoms with Crippen molar-refractivity contribution in [2.24, 2.45) is 0 Å². The number of aliphatic hydroxyl groups excluding tert-OH is 1. The molecule has 36 heavy (non-hydrogen) atoms. The van der Waals surface area contributed by atoms with Gasteiger partial charge in [-0.3, -0.25) is 14.5 Å². The molecule has 0 radical (unpaired) electrons. The lowest BCUT2D eigenvalue weighted by atomic mass is 9.95. The van der Waals surface area contributed by atoms with E-state index in [4.69, 9.17) is 14.2 Å². The number of ether oxygens (including phenoxy) is 3. The topological polar surface area (TPSA) is 88.5 Å². The molecule has 8 heteroatoms. The van der Waals surface area contributed by atoms with Crippen molar-refractivity contribution in [3.8, 4) is 11.5 Å². The predicted molar refractivity (Wildman–Crippen MR) is 136 cm³/mol. The third-order valence-electron chi connectivity index (χ3n) is 6.39. The van der Waals surface area contributed by atoms with Crippen molar-refractivity contribution in [2.45, 2.75) is 26.3 Å². The second-order valence-electron chi connectivity index (χ2n) is 8.82. The number of carbonyl (C=O) groups excluding carboxylic acids is 2. The fourth-order valence-electron chi connectivity index (χ4n) is 4.55. The molecule has 1 N–H and O–H groups in total. The summed E-state index contributed by atoms with van der Waals surface area (Å²) in [6, 6.07) is 13.6. The second-order valence-corrected chi connectivity index (χ2v) is 8.82. The first-order valence-corrected chi connectivity index (χ1v) is 12.6. The summed E-state index contributed by atoms with van der Waals surface area (Å²) < 4.78 is 16.7. The molecular formula is C28H34N2O6. The number of Topliss-reactive ketones (excluding diaryl/α,β-unsaturated/α-hetero) is 1. The van der Waals surface area contributed by atoms with Gasteiger partial charge in [-0.25, -0.2) is 0 Å². The first-order chi connectivity index (χ1) is 17.5. The van der Waals surface area contributed by atoms with Crippen molar-refractivity contribution in [3.05, 3.63) is 65.2 Å². The Morgan fingerprint density at radius 1 is 1.00 bits per heavy atom. The van der Waals surface area contributed by atoms with Crippen LogP contribution in [0.15, 0.2) is 54.1 Å². The fraction of sp³-hybridized carbons (Fsp3) is 0.429. The van der Waals surface area contributed by atoms with E-state index in [1.54, 1.807) is 29.2 Å². The highest BCUT2D eigenvalue weighted by molar-refractivity contribution is 6.46. The summed E-state index contributed by atoms with van der Waals surface area (Å²) >= 11 is 0. The van der Waals surface area contributed by atoms with E-state index in [9.17, 15) is 14.7 Å². The van der Waals surface area contributed by atoms with Crippen LogP contribution in [0.4, 0.5) is 0 Å². The second kappa shape index (κ2) is 12.1. The van der Waals surface area contributed by atoms with Crippen LogP contribution in [-0.2, 0) is 14.3 Å². The number of likely N-dealkylation sites (tertiary alicyclic amines) is 1. The van der Waals surface area contributed by atoms with E-state index in [2.05, 4.69) is 4.90 Å². The smallest absolute Gasteiger partial charge is 0.295 e. The van der Waals surface area contributed by atoms with Gasteiger partial charge in [0.25, 0.3) is 11.7 Å². The number of rotatable bonds is 10. The molecule has 4 rings (SSSR count). The van der Waals surface area contributed by atoms with Crippen LogP contribution in [0, 0.1) is 0 Å². The third kappa shape index (κ3) is 5.71. The van der Waals surface area contributed by atoms with Crippen molar-refractivity contribution in [1.82, 2.24) is 9.80 Å². The standard InChI is InChI=1S/C28H34N2O6/c1-3-16-36-23-7-5-6-21(19-23)26(31)24-25(20-8-10-22(11-9-20)35-4-2)30(28(33)27(24)32)13-12-29-14-17-34-18-15-29/h5-11,19,25,31H,3-4,12-18H2,1-2H3/b26-24+. The maximum Gasteiger partial charge on any atom is 0.295 e. The highest BCUT2D eigenvalue weighted by Crippen LogP contribution is 2.40. The molecule has 1 atom stereocenters. The van der Waals surface area contributed by atoms with Gasteiger partial charge in [-0.05, 0) is 43.2 Å². The summed E-state index contributed by atoms with van der Waals surface area (Å²) in [7, 11) is 0. The molecule has 2 aromatic carbocycles. The molecule has 2 fully saturated rings. The highest BCUT2D eigenvalue weighted by atomic mass is 16.5. The van der Waals surface area contributed by atoms with Gasteiger partial charge in [0.15, 0.2) is 0 Å². The molecule has 2 aliphatic rings. The van der Waals surface area contributed by atoms with Gasteiger partial charge in [-0.2, -0.15) is 0 Å². The van der Waals surface area contributed by atoms with Crippen molar-refractivity contribution in [1.29, 1.82) is 0 Å². The quantitative estimate of drug-likeness (QED) is 0.307. The molecule has 0 saturated carbocycles. The molecule has 192 valence electrons. The van der Waals surface area contributed by atoms with Crippen LogP contribution in [0.2, 0.25) is 0 Å². The number of nitrogens with zero attached hydrogens (tertiary/aromatic N) is 2. The third-order valence-corrected chi connectivity index (χ3v) is 6.39. The van der Waals surface area contributed by atoms with E-state index < -0.39 is 17.7 Å². The Labute approximate surface area is 212 Å². The predicted octanol–water partition coefficient (Wildman–Crippen LogP) is 3.63. The van der Waals surface area contributed by atoms with Crippen LogP contribution in [0.25, 0.3) is 5.76 Å². The van der Waals surface area contributed by atoms with E-state index >= 15 is 0 Å². The number of carbonyl (C=O) groups is 2. The lowest BCUT2D eigenvalue weighted by Crippen LogP contribution is -2.42.